The molecule has 1 fully saturated rings. The summed E-state index contributed by atoms with van der Waals surface area (Å²) in [6.07, 6.45) is 6.47. The van der Waals surface area contributed by atoms with Crippen molar-refractivity contribution in [1.82, 2.24) is 10.3 Å². The van der Waals surface area contributed by atoms with Crippen LogP contribution in [0.2, 0.25) is 0 Å². The van der Waals surface area contributed by atoms with Crippen molar-refractivity contribution >= 4 is 39.8 Å². The van der Waals surface area contributed by atoms with Crippen LogP contribution in [0.4, 0.5) is 10.1 Å². The van der Waals surface area contributed by atoms with E-state index in [1.807, 2.05) is 0 Å². The number of pyridine rings is 1. The van der Waals surface area contributed by atoms with Crippen LogP contribution in [0.5, 0.6) is 23.0 Å². The van der Waals surface area contributed by atoms with Gasteiger partial charge in [-0.2, -0.15) is 0 Å². The number of nitrogens with zero attached hydrogens (tertiary/aromatic N) is 1. The van der Waals surface area contributed by atoms with Gasteiger partial charge in [0.2, 0.25) is 5.91 Å². The zero-order valence-electron chi connectivity index (χ0n) is 20.6. The first-order valence-electron chi connectivity index (χ1n) is 11.9. The number of aromatic nitrogens is 1. The predicted molar refractivity (Wildman–Crippen MR) is 141 cm³/mol. The third-order valence-electron chi connectivity index (χ3n) is 6.48. The van der Waals surface area contributed by atoms with E-state index < -0.39 is 5.82 Å². The number of carbonyl (C=O) groups excluding carboxylic acids is 1. The summed E-state index contributed by atoms with van der Waals surface area (Å²) < 4.78 is 31.5. The van der Waals surface area contributed by atoms with Crippen molar-refractivity contribution in [1.29, 1.82) is 0 Å². The van der Waals surface area contributed by atoms with E-state index in [9.17, 15) is 9.18 Å². The lowest BCUT2D eigenvalue weighted by Crippen LogP contribution is -2.35. The molecule has 1 amide bonds. The van der Waals surface area contributed by atoms with Crippen LogP contribution in [0.3, 0.4) is 0 Å². The minimum atomic E-state index is -0.587. The molecule has 36 heavy (non-hydrogen) atoms. The Kier molecular flexibility index (Phi) is 8.20. The quantitative estimate of drug-likeness (QED) is 0.365. The van der Waals surface area contributed by atoms with E-state index in [0.717, 1.165) is 31.6 Å². The highest BCUT2D eigenvalue weighted by atomic mass is 32.1. The average molecular weight is 512 g/mol. The fourth-order valence-corrected chi connectivity index (χ4v) is 4.68. The molecule has 0 saturated heterocycles. The van der Waals surface area contributed by atoms with Crippen LogP contribution >= 0.6 is 12.2 Å². The first-order valence-corrected chi connectivity index (χ1v) is 12.4. The van der Waals surface area contributed by atoms with Gasteiger partial charge in [-0.25, -0.2) is 4.39 Å². The van der Waals surface area contributed by atoms with Crippen molar-refractivity contribution in [2.24, 2.45) is 11.8 Å². The number of hydrogen-bond donors (Lipinski definition) is 2. The first kappa shape index (κ1) is 25.6. The van der Waals surface area contributed by atoms with Crippen LogP contribution in [0.15, 0.2) is 42.6 Å². The molecule has 1 aliphatic rings. The van der Waals surface area contributed by atoms with E-state index >= 15 is 0 Å². The van der Waals surface area contributed by atoms with Crippen LogP contribution in [0, 0.1) is 17.7 Å². The molecule has 0 radical (unpaired) electrons. The number of nitrogens with one attached hydrogen (secondary N) is 2. The Labute approximate surface area is 215 Å². The lowest BCUT2D eigenvalue weighted by Gasteiger charge is -2.25. The molecule has 7 nitrogen and oxygen atoms in total. The fraction of sp³-hybridized carbons (Fsp3) is 0.370. The summed E-state index contributed by atoms with van der Waals surface area (Å²) in [5.74, 6) is 1.91. The monoisotopic (exact) mass is 511 g/mol. The second kappa shape index (κ2) is 11.5. The maximum Gasteiger partial charge on any atom is 0.226 e. The number of halogens is 1. The molecule has 0 aliphatic heterocycles. The van der Waals surface area contributed by atoms with Crippen LogP contribution in [-0.2, 0) is 4.79 Å². The molecule has 2 N–H and O–H groups in total. The molecule has 3 aromatic rings. The van der Waals surface area contributed by atoms with Crippen molar-refractivity contribution in [3.8, 4) is 23.0 Å². The van der Waals surface area contributed by atoms with Crippen LogP contribution in [0.1, 0.15) is 39.0 Å². The lowest BCUT2D eigenvalue weighted by atomic mass is 9.81. The number of amides is 1. The summed E-state index contributed by atoms with van der Waals surface area (Å²) in [7, 11) is 3.08. The van der Waals surface area contributed by atoms with Crippen LogP contribution < -0.4 is 24.8 Å². The largest absolute Gasteiger partial charge is 0.493 e. The molecule has 190 valence electrons. The molecule has 0 bridgehead atoms. The van der Waals surface area contributed by atoms with Crippen molar-refractivity contribution in [3.63, 3.8) is 0 Å². The summed E-state index contributed by atoms with van der Waals surface area (Å²) in [6.45, 7) is 2.25. The zero-order valence-corrected chi connectivity index (χ0v) is 21.4. The van der Waals surface area contributed by atoms with Crippen molar-refractivity contribution in [2.45, 2.75) is 39.0 Å². The highest BCUT2D eigenvalue weighted by Crippen LogP contribution is 2.37. The van der Waals surface area contributed by atoms with Gasteiger partial charge >= 0.3 is 0 Å². The molecule has 0 unspecified atom stereocenters. The molecule has 1 aromatic heterocycles. The lowest BCUT2D eigenvalue weighted by molar-refractivity contribution is -0.120. The molecule has 0 spiro atoms. The van der Waals surface area contributed by atoms with Crippen molar-refractivity contribution < 1.29 is 23.4 Å². The Morgan fingerprint density at radius 1 is 1.03 bits per heavy atom. The number of hydrogen-bond acceptors (Lipinski definition) is 6. The second-order valence-corrected chi connectivity index (χ2v) is 9.52. The third kappa shape index (κ3) is 6.20. The Balaban J connectivity index is 1.40. The normalized spacial score (nSPS) is 17.3. The number of fused-ring (bicyclic) bond motifs is 1. The maximum absolute atomic E-state index is 14.9. The molecule has 4 rings (SSSR count). The Hall–Kier alpha value is -3.46. The van der Waals surface area contributed by atoms with Crippen LogP contribution in [0.25, 0.3) is 10.9 Å². The van der Waals surface area contributed by atoms with Gasteiger partial charge in [-0.05, 0) is 61.2 Å². The van der Waals surface area contributed by atoms with Gasteiger partial charge in [0.15, 0.2) is 28.2 Å². The van der Waals surface area contributed by atoms with Gasteiger partial charge in [-0.15, -0.1) is 0 Å². The van der Waals surface area contributed by atoms with Gasteiger partial charge in [-0.1, -0.05) is 19.8 Å². The van der Waals surface area contributed by atoms with Gasteiger partial charge in [0.1, 0.15) is 5.75 Å². The Bertz CT molecular complexity index is 1260. The molecular formula is C27H30FN3O4S. The highest BCUT2D eigenvalue weighted by Gasteiger charge is 2.21. The number of ether oxygens (including phenoxy) is 3. The summed E-state index contributed by atoms with van der Waals surface area (Å²) in [5.41, 5.74) is 1.02. The van der Waals surface area contributed by atoms with Gasteiger partial charge in [-0.3, -0.25) is 9.78 Å². The molecule has 1 heterocycles. The van der Waals surface area contributed by atoms with Crippen molar-refractivity contribution in [2.75, 3.05) is 19.5 Å². The predicted octanol–water partition coefficient (Wildman–Crippen LogP) is 6.21. The molecule has 2 aromatic carbocycles. The maximum atomic E-state index is 14.9. The number of methoxy groups -OCH3 is 2. The number of benzene rings is 2. The van der Waals surface area contributed by atoms with Gasteiger partial charge in [0.05, 0.1) is 19.7 Å². The molecule has 9 heteroatoms. The summed E-state index contributed by atoms with van der Waals surface area (Å²) >= 11 is 5.25. The SMILES string of the molecule is COc1cc2nccc(Oc3ccc(NC(=S)NC(=O)CC4CCC(C)CC4)cc3F)c2cc1OC. The zero-order chi connectivity index (χ0) is 25.7. The number of carbonyl (C=O) groups is 1. The van der Waals surface area contributed by atoms with E-state index in [4.69, 9.17) is 26.4 Å². The Morgan fingerprint density at radius 2 is 1.75 bits per heavy atom. The third-order valence-corrected chi connectivity index (χ3v) is 6.68. The number of thiocarbonyl (C=S) groups is 1. The molecular weight excluding hydrogens is 481 g/mol. The minimum Gasteiger partial charge on any atom is -0.493 e. The van der Waals surface area contributed by atoms with Gasteiger partial charge in [0.25, 0.3) is 0 Å². The van der Waals surface area contributed by atoms with E-state index in [1.54, 1.807) is 37.6 Å². The van der Waals surface area contributed by atoms with E-state index in [-0.39, 0.29) is 16.8 Å². The minimum absolute atomic E-state index is 0.0318. The summed E-state index contributed by atoms with van der Waals surface area (Å²) in [4.78, 5) is 16.7. The second-order valence-electron chi connectivity index (χ2n) is 9.11. The Morgan fingerprint density at radius 3 is 2.44 bits per heavy atom. The van der Waals surface area contributed by atoms with E-state index in [1.165, 1.54) is 19.2 Å². The first-order chi connectivity index (χ1) is 17.4. The number of rotatable bonds is 7. The summed E-state index contributed by atoms with van der Waals surface area (Å²) in [5, 5.41) is 6.35. The van der Waals surface area contributed by atoms with Crippen LogP contribution in [-0.4, -0.2) is 30.2 Å². The fourth-order valence-electron chi connectivity index (χ4n) is 4.45. The molecule has 1 aliphatic carbocycles. The smallest absolute Gasteiger partial charge is 0.226 e. The van der Waals surface area contributed by atoms with Crippen molar-refractivity contribution in [3.05, 3.63) is 48.4 Å². The van der Waals surface area contributed by atoms with Gasteiger partial charge in [0, 0.05) is 35.8 Å². The standard InChI is InChI=1S/C27H30FN3O4S/c1-16-4-6-17(7-5-16)12-26(32)31-27(36)30-18-8-9-23(20(28)13-18)35-22-10-11-29-21-15-25(34-3)24(33-2)14-19(21)22/h8-11,13-17H,4-7,12H2,1-3H3,(H2,30,31,32,36). The van der Waals surface area contributed by atoms with E-state index in [0.29, 0.717) is 46.2 Å². The molecule has 1 saturated carbocycles. The van der Waals surface area contributed by atoms with E-state index in [2.05, 4.69) is 22.5 Å². The highest BCUT2D eigenvalue weighted by molar-refractivity contribution is 7.80. The number of anilines is 1. The molecule has 0 atom stereocenters. The summed E-state index contributed by atoms with van der Waals surface area (Å²) in [6, 6.07) is 9.51. The average Bonchev–Trinajstić information content (AvgIpc) is 2.86. The topological polar surface area (TPSA) is 81.7 Å². The van der Waals surface area contributed by atoms with Gasteiger partial charge < -0.3 is 24.8 Å².